The molecule has 1 fully saturated rings. The Balaban J connectivity index is 1.47. The van der Waals surface area contributed by atoms with Gasteiger partial charge in [-0.2, -0.15) is 9.47 Å². The second kappa shape index (κ2) is 9.49. The second-order valence-corrected chi connectivity index (χ2v) is 8.73. The molecule has 164 valence electrons. The average Bonchev–Trinajstić information content (AvgIpc) is 3.36. The Bertz CT molecular complexity index is 1020. The number of rotatable bonds is 6. The van der Waals surface area contributed by atoms with Crippen molar-refractivity contribution in [3.05, 3.63) is 59.5 Å². The molecule has 1 aliphatic heterocycles. The summed E-state index contributed by atoms with van der Waals surface area (Å²) in [5.41, 5.74) is 3.14. The van der Waals surface area contributed by atoms with Gasteiger partial charge in [0.2, 0.25) is 0 Å². The van der Waals surface area contributed by atoms with Crippen molar-refractivity contribution in [2.24, 2.45) is 7.05 Å². The van der Waals surface area contributed by atoms with Crippen LogP contribution >= 0.6 is 11.5 Å². The molecule has 3 aromatic rings. The molecule has 0 saturated carbocycles. The SMILES string of the molecule is COc1ccc(C2CN(Cc3ccn(C)n3)CC[C@H]2NC(=O)Nc2cc(C)ns2)cc1. The fourth-order valence-corrected chi connectivity index (χ4v) is 4.70. The highest BCUT2D eigenvalue weighted by molar-refractivity contribution is 7.10. The van der Waals surface area contributed by atoms with Crippen LogP contribution in [0.3, 0.4) is 0 Å². The summed E-state index contributed by atoms with van der Waals surface area (Å²) in [6, 6.07) is 11.9. The number of nitrogens with one attached hydrogen (secondary N) is 2. The summed E-state index contributed by atoms with van der Waals surface area (Å²) in [5.74, 6) is 0.991. The number of hydrogen-bond donors (Lipinski definition) is 2. The highest BCUT2D eigenvalue weighted by Gasteiger charge is 2.32. The van der Waals surface area contributed by atoms with E-state index in [1.807, 2.05) is 43.0 Å². The van der Waals surface area contributed by atoms with Crippen LogP contribution in [-0.2, 0) is 13.6 Å². The number of benzene rings is 1. The summed E-state index contributed by atoms with van der Waals surface area (Å²) in [4.78, 5) is 15.1. The minimum atomic E-state index is -0.190. The van der Waals surface area contributed by atoms with Gasteiger partial charge in [0.25, 0.3) is 0 Å². The summed E-state index contributed by atoms with van der Waals surface area (Å²) in [6.07, 6.45) is 2.83. The number of likely N-dealkylation sites (tertiary alicyclic amines) is 1. The average molecular weight is 441 g/mol. The predicted octanol–water partition coefficient (Wildman–Crippen LogP) is 3.37. The molecular weight excluding hydrogens is 412 g/mol. The molecule has 1 aliphatic rings. The molecular formula is C22H28N6O2S. The zero-order valence-electron chi connectivity index (χ0n) is 18.0. The van der Waals surface area contributed by atoms with Crippen molar-refractivity contribution >= 4 is 22.6 Å². The molecule has 0 aliphatic carbocycles. The predicted molar refractivity (Wildman–Crippen MR) is 122 cm³/mol. The topological polar surface area (TPSA) is 84.3 Å². The van der Waals surface area contributed by atoms with E-state index in [1.165, 1.54) is 17.1 Å². The number of amides is 2. The number of ether oxygens (including phenoxy) is 1. The third-order valence-corrected chi connectivity index (χ3v) is 6.37. The maximum absolute atomic E-state index is 12.7. The lowest BCUT2D eigenvalue weighted by molar-refractivity contribution is 0.167. The van der Waals surface area contributed by atoms with E-state index in [4.69, 9.17) is 4.74 Å². The molecule has 2 atom stereocenters. The van der Waals surface area contributed by atoms with Gasteiger partial charge in [-0.15, -0.1) is 0 Å². The number of nitrogens with zero attached hydrogens (tertiary/aromatic N) is 4. The van der Waals surface area contributed by atoms with E-state index < -0.39 is 0 Å². The quantitative estimate of drug-likeness (QED) is 0.614. The summed E-state index contributed by atoms with van der Waals surface area (Å²) in [6.45, 7) is 4.45. The molecule has 1 saturated heterocycles. The van der Waals surface area contributed by atoms with E-state index in [0.29, 0.717) is 0 Å². The Morgan fingerprint density at radius 3 is 2.74 bits per heavy atom. The smallest absolute Gasteiger partial charge is 0.320 e. The van der Waals surface area contributed by atoms with Crippen LogP contribution in [0.4, 0.5) is 9.80 Å². The number of hydrogen-bond acceptors (Lipinski definition) is 6. The maximum atomic E-state index is 12.7. The standard InChI is InChI=1S/C22H28N6O2S/c1-15-12-21(31-26-15)24-22(29)23-20-9-11-28(13-17-8-10-27(2)25-17)14-19(20)16-4-6-18(30-3)7-5-16/h4-8,10,12,19-20H,9,11,13-14H2,1-3H3,(H2,23,24,29)/t19?,20-/m1/s1. The fraction of sp³-hybridized carbons (Fsp3) is 0.409. The summed E-state index contributed by atoms with van der Waals surface area (Å²) in [5, 5.41) is 11.4. The molecule has 0 radical (unpaired) electrons. The van der Waals surface area contributed by atoms with Gasteiger partial charge in [0, 0.05) is 44.8 Å². The lowest BCUT2D eigenvalue weighted by Crippen LogP contribution is -2.50. The van der Waals surface area contributed by atoms with E-state index >= 15 is 0 Å². The van der Waals surface area contributed by atoms with Crippen molar-refractivity contribution in [3.8, 4) is 5.75 Å². The Hall–Kier alpha value is -2.91. The molecule has 0 spiro atoms. The molecule has 2 amide bonds. The van der Waals surface area contributed by atoms with Crippen LogP contribution in [0.2, 0.25) is 0 Å². The molecule has 9 heteroatoms. The first kappa shape index (κ1) is 21.3. The number of piperidine rings is 1. The minimum absolute atomic E-state index is 0.0300. The molecule has 1 aromatic carbocycles. The molecule has 0 bridgehead atoms. The molecule has 8 nitrogen and oxygen atoms in total. The van der Waals surface area contributed by atoms with Crippen LogP contribution in [0.15, 0.2) is 42.6 Å². The minimum Gasteiger partial charge on any atom is -0.497 e. The van der Waals surface area contributed by atoms with Gasteiger partial charge in [0.1, 0.15) is 10.8 Å². The van der Waals surface area contributed by atoms with E-state index in [2.05, 4.69) is 43.2 Å². The second-order valence-electron chi connectivity index (χ2n) is 7.92. The number of aryl methyl sites for hydroxylation is 2. The van der Waals surface area contributed by atoms with Gasteiger partial charge < -0.3 is 10.1 Å². The van der Waals surface area contributed by atoms with Crippen LogP contribution in [0.25, 0.3) is 0 Å². The number of methoxy groups -OCH3 is 1. The van der Waals surface area contributed by atoms with Gasteiger partial charge in [-0.25, -0.2) is 4.79 Å². The molecule has 3 heterocycles. The van der Waals surface area contributed by atoms with Crippen molar-refractivity contribution in [1.29, 1.82) is 0 Å². The van der Waals surface area contributed by atoms with E-state index in [-0.39, 0.29) is 18.0 Å². The highest BCUT2D eigenvalue weighted by atomic mass is 32.1. The van der Waals surface area contributed by atoms with Crippen molar-refractivity contribution in [1.82, 2.24) is 24.4 Å². The van der Waals surface area contributed by atoms with Crippen LogP contribution in [0.1, 0.15) is 29.3 Å². The Labute approximate surface area is 186 Å². The maximum Gasteiger partial charge on any atom is 0.320 e. The highest BCUT2D eigenvalue weighted by Crippen LogP contribution is 2.30. The van der Waals surface area contributed by atoms with Crippen LogP contribution in [0.5, 0.6) is 5.75 Å². The Morgan fingerprint density at radius 1 is 1.29 bits per heavy atom. The van der Waals surface area contributed by atoms with Gasteiger partial charge in [-0.3, -0.25) is 14.9 Å². The normalized spacial score (nSPS) is 19.2. The largest absolute Gasteiger partial charge is 0.497 e. The van der Waals surface area contributed by atoms with Crippen molar-refractivity contribution < 1.29 is 9.53 Å². The van der Waals surface area contributed by atoms with Gasteiger partial charge in [0.05, 0.1) is 18.5 Å². The number of urea groups is 1. The molecule has 2 N–H and O–H groups in total. The van der Waals surface area contributed by atoms with Crippen molar-refractivity contribution in [2.75, 3.05) is 25.5 Å². The summed E-state index contributed by atoms with van der Waals surface area (Å²) >= 11 is 1.29. The van der Waals surface area contributed by atoms with Crippen molar-refractivity contribution in [3.63, 3.8) is 0 Å². The van der Waals surface area contributed by atoms with Gasteiger partial charge >= 0.3 is 6.03 Å². The summed E-state index contributed by atoms with van der Waals surface area (Å²) < 4.78 is 11.4. The van der Waals surface area contributed by atoms with Crippen LogP contribution in [-0.4, -0.2) is 51.3 Å². The van der Waals surface area contributed by atoms with Gasteiger partial charge in [-0.05, 0) is 54.7 Å². The van der Waals surface area contributed by atoms with Crippen LogP contribution in [0, 0.1) is 6.92 Å². The van der Waals surface area contributed by atoms with Gasteiger partial charge in [0.15, 0.2) is 0 Å². The van der Waals surface area contributed by atoms with Crippen LogP contribution < -0.4 is 15.4 Å². The van der Waals surface area contributed by atoms with E-state index in [1.54, 1.807) is 7.11 Å². The fourth-order valence-electron chi connectivity index (χ4n) is 4.04. The zero-order valence-corrected chi connectivity index (χ0v) is 18.9. The monoisotopic (exact) mass is 440 g/mol. The van der Waals surface area contributed by atoms with Crippen molar-refractivity contribution in [2.45, 2.75) is 31.8 Å². The zero-order chi connectivity index (χ0) is 21.8. The first-order valence-electron chi connectivity index (χ1n) is 10.4. The molecule has 4 rings (SSSR count). The number of carbonyl (C=O) groups is 1. The number of carbonyl (C=O) groups excluding carboxylic acids is 1. The first-order chi connectivity index (χ1) is 15.0. The lowest BCUT2D eigenvalue weighted by atomic mass is 9.86. The first-order valence-corrected chi connectivity index (χ1v) is 11.1. The lowest BCUT2D eigenvalue weighted by Gasteiger charge is -2.39. The third kappa shape index (κ3) is 5.42. The molecule has 2 aromatic heterocycles. The Morgan fingerprint density at radius 2 is 2.10 bits per heavy atom. The number of anilines is 1. The molecule has 1 unspecified atom stereocenters. The third-order valence-electron chi connectivity index (χ3n) is 5.58. The number of aromatic nitrogens is 3. The molecule has 31 heavy (non-hydrogen) atoms. The van der Waals surface area contributed by atoms with E-state index in [0.717, 1.165) is 48.2 Å². The Kier molecular flexibility index (Phi) is 6.53. The summed E-state index contributed by atoms with van der Waals surface area (Å²) in [7, 11) is 3.60. The van der Waals surface area contributed by atoms with Gasteiger partial charge in [-0.1, -0.05) is 12.1 Å². The van der Waals surface area contributed by atoms with E-state index in [9.17, 15) is 4.79 Å².